The number of halogens is 3. The zero-order valence-electron chi connectivity index (χ0n) is 12.7. The molecular formula is C15H16F3NO4S. The van der Waals surface area contributed by atoms with Gasteiger partial charge in [0, 0.05) is 12.5 Å². The fourth-order valence-electron chi connectivity index (χ4n) is 2.03. The fourth-order valence-corrected chi connectivity index (χ4v) is 3.30. The Morgan fingerprint density at radius 2 is 1.88 bits per heavy atom. The first-order chi connectivity index (χ1) is 11.2. The van der Waals surface area contributed by atoms with Gasteiger partial charge < -0.3 is 9.15 Å². The number of rotatable bonds is 7. The van der Waals surface area contributed by atoms with Crippen molar-refractivity contribution in [2.45, 2.75) is 37.1 Å². The minimum Gasteiger partial charge on any atom is -0.469 e. The maximum Gasteiger partial charge on any atom is 0.573 e. The van der Waals surface area contributed by atoms with Crippen LogP contribution < -0.4 is 9.46 Å². The molecule has 1 aromatic carbocycles. The highest BCUT2D eigenvalue weighted by molar-refractivity contribution is 7.89. The molecule has 0 fully saturated rings. The lowest BCUT2D eigenvalue weighted by atomic mass is 10.2. The molecule has 0 radical (unpaired) electrons. The van der Waals surface area contributed by atoms with E-state index in [9.17, 15) is 21.6 Å². The van der Waals surface area contributed by atoms with Crippen molar-refractivity contribution in [1.82, 2.24) is 4.72 Å². The molecule has 1 N–H and O–H groups in total. The molecule has 5 nitrogen and oxygen atoms in total. The molecule has 2 aromatic rings. The third-order valence-electron chi connectivity index (χ3n) is 3.13. The Labute approximate surface area is 137 Å². The van der Waals surface area contributed by atoms with E-state index in [-0.39, 0.29) is 10.9 Å². The molecule has 0 aliphatic rings. The first kappa shape index (κ1) is 18.3. The second-order valence-electron chi connectivity index (χ2n) is 5.16. The van der Waals surface area contributed by atoms with Gasteiger partial charge in [0.05, 0.1) is 11.2 Å². The zero-order valence-corrected chi connectivity index (χ0v) is 13.5. The molecule has 0 amide bonds. The van der Waals surface area contributed by atoms with Crippen molar-refractivity contribution in [1.29, 1.82) is 0 Å². The Morgan fingerprint density at radius 3 is 2.42 bits per heavy atom. The standard InChI is InChI=1S/C15H16F3NO4S/c1-11(4-5-12-3-2-10-22-12)19-24(20,21)14-8-6-13(7-9-14)23-15(16,17)18/h2-3,6-11,19H,4-5H2,1H3. The Bertz CT molecular complexity index is 740. The Kier molecular flexibility index (Phi) is 5.55. The van der Waals surface area contributed by atoms with Gasteiger partial charge in [-0.3, -0.25) is 0 Å². The molecule has 132 valence electrons. The minimum absolute atomic E-state index is 0.137. The van der Waals surface area contributed by atoms with Gasteiger partial charge in [-0.25, -0.2) is 13.1 Å². The number of nitrogens with one attached hydrogen (secondary N) is 1. The molecule has 0 aliphatic heterocycles. The summed E-state index contributed by atoms with van der Waals surface area (Å²) in [4.78, 5) is -0.137. The molecule has 0 aliphatic carbocycles. The smallest absolute Gasteiger partial charge is 0.469 e. The van der Waals surface area contributed by atoms with Crippen LogP contribution >= 0.6 is 0 Å². The van der Waals surface area contributed by atoms with Crippen molar-refractivity contribution >= 4 is 10.0 Å². The largest absolute Gasteiger partial charge is 0.573 e. The lowest BCUT2D eigenvalue weighted by molar-refractivity contribution is -0.274. The van der Waals surface area contributed by atoms with Crippen molar-refractivity contribution in [3.63, 3.8) is 0 Å². The Hall–Kier alpha value is -2.00. The van der Waals surface area contributed by atoms with E-state index in [4.69, 9.17) is 4.42 Å². The summed E-state index contributed by atoms with van der Waals surface area (Å²) in [6.07, 6.45) is -2.20. The maximum atomic E-state index is 12.2. The molecule has 0 spiro atoms. The Balaban J connectivity index is 1.96. The summed E-state index contributed by atoms with van der Waals surface area (Å²) in [5.74, 6) is 0.266. The fraction of sp³-hybridized carbons (Fsp3) is 0.333. The summed E-state index contributed by atoms with van der Waals surface area (Å²) in [6.45, 7) is 1.70. The number of aryl methyl sites for hydroxylation is 1. The molecule has 24 heavy (non-hydrogen) atoms. The molecule has 0 saturated heterocycles. The van der Waals surface area contributed by atoms with E-state index in [1.165, 1.54) is 6.26 Å². The van der Waals surface area contributed by atoms with Gasteiger partial charge in [0.15, 0.2) is 0 Å². The van der Waals surface area contributed by atoms with Crippen LogP contribution in [0.3, 0.4) is 0 Å². The van der Waals surface area contributed by atoms with Crippen LogP contribution in [-0.2, 0) is 16.4 Å². The van der Waals surface area contributed by atoms with Crippen LogP contribution in [0.5, 0.6) is 5.75 Å². The quantitative estimate of drug-likeness (QED) is 0.818. The van der Waals surface area contributed by atoms with Gasteiger partial charge in [-0.1, -0.05) is 0 Å². The van der Waals surface area contributed by atoms with Crippen LogP contribution in [0.4, 0.5) is 13.2 Å². The van der Waals surface area contributed by atoms with Gasteiger partial charge >= 0.3 is 6.36 Å². The number of furan rings is 1. The van der Waals surface area contributed by atoms with Crippen molar-refractivity contribution in [3.05, 3.63) is 48.4 Å². The monoisotopic (exact) mass is 363 g/mol. The van der Waals surface area contributed by atoms with Gasteiger partial charge in [-0.2, -0.15) is 0 Å². The summed E-state index contributed by atoms with van der Waals surface area (Å²) in [7, 11) is -3.83. The van der Waals surface area contributed by atoms with Crippen LogP contribution in [0.1, 0.15) is 19.1 Å². The van der Waals surface area contributed by atoms with Gasteiger partial charge in [-0.15, -0.1) is 13.2 Å². The van der Waals surface area contributed by atoms with E-state index in [0.29, 0.717) is 12.8 Å². The molecule has 1 unspecified atom stereocenters. The summed E-state index contributed by atoms with van der Waals surface area (Å²) in [5.41, 5.74) is 0. The minimum atomic E-state index is -4.82. The van der Waals surface area contributed by atoms with Crippen LogP contribution in [0.25, 0.3) is 0 Å². The second-order valence-corrected chi connectivity index (χ2v) is 6.87. The summed E-state index contributed by atoms with van der Waals surface area (Å²) < 4.78 is 72.0. The van der Waals surface area contributed by atoms with E-state index in [1.807, 2.05) is 0 Å². The maximum absolute atomic E-state index is 12.2. The van der Waals surface area contributed by atoms with E-state index < -0.39 is 22.1 Å². The van der Waals surface area contributed by atoms with Crippen molar-refractivity contribution < 1.29 is 30.7 Å². The number of alkyl halides is 3. The van der Waals surface area contributed by atoms with Gasteiger partial charge in [0.25, 0.3) is 0 Å². The molecule has 1 heterocycles. The molecule has 2 rings (SSSR count). The number of benzene rings is 1. The highest BCUT2D eigenvalue weighted by atomic mass is 32.2. The molecule has 0 bridgehead atoms. The van der Waals surface area contributed by atoms with E-state index >= 15 is 0 Å². The molecule has 1 aromatic heterocycles. The predicted molar refractivity (Wildman–Crippen MR) is 79.9 cm³/mol. The highest BCUT2D eigenvalue weighted by Crippen LogP contribution is 2.24. The average Bonchev–Trinajstić information content (AvgIpc) is 2.97. The van der Waals surface area contributed by atoms with E-state index in [1.54, 1.807) is 19.1 Å². The van der Waals surface area contributed by atoms with E-state index in [0.717, 1.165) is 30.0 Å². The van der Waals surface area contributed by atoms with Crippen molar-refractivity contribution in [2.24, 2.45) is 0 Å². The second kappa shape index (κ2) is 7.27. The zero-order chi connectivity index (χ0) is 17.8. The number of hydrogen-bond acceptors (Lipinski definition) is 4. The van der Waals surface area contributed by atoms with Crippen LogP contribution in [0.15, 0.2) is 52.0 Å². The van der Waals surface area contributed by atoms with Crippen LogP contribution in [-0.4, -0.2) is 20.8 Å². The first-order valence-corrected chi connectivity index (χ1v) is 8.54. The van der Waals surface area contributed by atoms with Crippen LogP contribution in [0.2, 0.25) is 0 Å². The lowest BCUT2D eigenvalue weighted by Gasteiger charge is -2.14. The summed E-state index contributed by atoms with van der Waals surface area (Å²) in [5, 5.41) is 0. The van der Waals surface area contributed by atoms with Gasteiger partial charge in [0.1, 0.15) is 11.5 Å². The van der Waals surface area contributed by atoms with Gasteiger partial charge in [-0.05, 0) is 49.7 Å². The first-order valence-electron chi connectivity index (χ1n) is 7.06. The summed E-state index contributed by atoms with van der Waals surface area (Å²) >= 11 is 0. The highest BCUT2D eigenvalue weighted by Gasteiger charge is 2.31. The molecule has 9 heteroatoms. The SMILES string of the molecule is CC(CCc1ccco1)NS(=O)(=O)c1ccc(OC(F)(F)F)cc1. The molecule has 0 saturated carbocycles. The van der Waals surface area contributed by atoms with Crippen molar-refractivity contribution in [2.75, 3.05) is 0 Å². The topological polar surface area (TPSA) is 68.5 Å². The van der Waals surface area contributed by atoms with Crippen molar-refractivity contribution in [3.8, 4) is 5.75 Å². The number of ether oxygens (including phenoxy) is 1. The normalized spacial score (nSPS) is 13.7. The predicted octanol–water partition coefficient (Wildman–Crippen LogP) is 3.48. The third kappa shape index (κ3) is 5.57. The van der Waals surface area contributed by atoms with Gasteiger partial charge in [0.2, 0.25) is 10.0 Å². The van der Waals surface area contributed by atoms with Crippen LogP contribution in [0, 0.1) is 0 Å². The molecule has 1 atom stereocenters. The summed E-state index contributed by atoms with van der Waals surface area (Å²) in [6, 6.07) is 7.19. The number of hydrogen-bond donors (Lipinski definition) is 1. The lowest BCUT2D eigenvalue weighted by Crippen LogP contribution is -2.32. The molecular weight excluding hydrogens is 347 g/mol. The van der Waals surface area contributed by atoms with E-state index in [2.05, 4.69) is 9.46 Å². The third-order valence-corrected chi connectivity index (χ3v) is 4.73. The number of sulfonamides is 1. The average molecular weight is 363 g/mol. The Morgan fingerprint density at radius 1 is 1.21 bits per heavy atom.